The molecule has 0 saturated heterocycles. The monoisotopic (exact) mass is 262 g/mol. The largest absolute Gasteiger partial charge is 0.380 e. The van der Waals surface area contributed by atoms with Crippen molar-refractivity contribution >= 4 is 5.69 Å². The molecule has 0 saturated carbocycles. The molecule has 0 heterocycles. The Morgan fingerprint density at radius 2 is 2.00 bits per heavy atom. The predicted molar refractivity (Wildman–Crippen MR) is 56.4 cm³/mol. The van der Waals surface area contributed by atoms with Crippen LogP contribution < -0.4 is 5.32 Å². The molecule has 1 rings (SSSR count). The first-order chi connectivity index (χ1) is 8.56. The van der Waals surface area contributed by atoms with E-state index >= 15 is 0 Å². The van der Waals surface area contributed by atoms with Crippen LogP contribution in [0.15, 0.2) is 12.1 Å². The Hall–Kier alpha value is -1.81. The molecular weight excluding hydrogens is 252 g/mol. The van der Waals surface area contributed by atoms with E-state index in [0.717, 1.165) is 6.07 Å². The molecule has 0 aliphatic rings. The maximum atomic E-state index is 13.3. The zero-order valence-electron chi connectivity index (χ0n) is 9.22. The average molecular weight is 262 g/mol. The first-order valence-electron chi connectivity index (χ1n) is 5.04. The lowest BCUT2D eigenvalue weighted by molar-refractivity contribution is 0.0215. The highest BCUT2D eigenvalue weighted by Crippen LogP contribution is 2.19. The van der Waals surface area contributed by atoms with Gasteiger partial charge in [-0.3, -0.25) is 0 Å². The van der Waals surface area contributed by atoms with Gasteiger partial charge in [-0.1, -0.05) is 0 Å². The molecule has 0 spiro atoms. The van der Waals surface area contributed by atoms with Gasteiger partial charge in [-0.2, -0.15) is 5.26 Å². The molecule has 0 radical (unpaired) electrons. The van der Waals surface area contributed by atoms with Gasteiger partial charge in [-0.25, -0.2) is 17.6 Å². The number of nitrogens with one attached hydrogen (secondary N) is 1. The molecule has 0 aliphatic carbocycles. The van der Waals surface area contributed by atoms with Crippen LogP contribution in [0.2, 0.25) is 0 Å². The molecule has 0 amide bonds. The minimum atomic E-state index is -2.56. The normalized spacial score (nSPS) is 10.4. The van der Waals surface area contributed by atoms with Gasteiger partial charge in [0.15, 0.2) is 11.6 Å². The Morgan fingerprint density at radius 1 is 1.28 bits per heavy atom. The minimum absolute atomic E-state index is 0.0506. The van der Waals surface area contributed by atoms with Crippen LogP contribution in [-0.4, -0.2) is 26.2 Å². The minimum Gasteiger partial charge on any atom is -0.380 e. The zero-order valence-corrected chi connectivity index (χ0v) is 9.22. The molecule has 3 nitrogen and oxygen atoms in total. The van der Waals surface area contributed by atoms with Gasteiger partial charge < -0.3 is 10.1 Å². The van der Waals surface area contributed by atoms with E-state index in [4.69, 9.17) is 5.26 Å². The van der Waals surface area contributed by atoms with Crippen LogP contribution in [-0.2, 0) is 4.74 Å². The van der Waals surface area contributed by atoms with Gasteiger partial charge in [-0.15, -0.1) is 0 Å². The van der Waals surface area contributed by atoms with Gasteiger partial charge >= 0.3 is 0 Å². The highest BCUT2D eigenvalue weighted by Gasteiger charge is 2.12. The maximum absolute atomic E-state index is 13.3. The molecule has 0 fully saturated rings. The summed E-state index contributed by atoms with van der Waals surface area (Å²) in [4.78, 5) is 0. The Kier molecular flexibility index (Phi) is 5.39. The number of benzene rings is 1. The molecule has 1 aromatic rings. The first kappa shape index (κ1) is 14.3. The number of hydrogen-bond donors (Lipinski definition) is 1. The average Bonchev–Trinajstić information content (AvgIpc) is 2.33. The molecule has 0 aliphatic heterocycles. The molecule has 1 N–H and O–H groups in total. The van der Waals surface area contributed by atoms with Crippen molar-refractivity contribution < 1.29 is 22.3 Å². The second-order valence-corrected chi connectivity index (χ2v) is 3.29. The van der Waals surface area contributed by atoms with E-state index in [1.807, 2.05) is 0 Å². The Morgan fingerprint density at radius 3 is 2.61 bits per heavy atom. The molecule has 1 aromatic carbocycles. The lowest BCUT2D eigenvalue weighted by Crippen LogP contribution is -2.14. The summed E-state index contributed by atoms with van der Waals surface area (Å²) in [6.45, 7) is -0.716. The fourth-order valence-corrected chi connectivity index (χ4v) is 1.20. The van der Waals surface area contributed by atoms with Gasteiger partial charge in [0, 0.05) is 6.54 Å². The topological polar surface area (TPSA) is 45.0 Å². The predicted octanol–water partition coefficient (Wildman–Crippen LogP) is 2.53. The van der Waals surface area contributed by atoms with Gasteiger partial charge in [0.1, 0.15) is 12.7 Å². The van der Waals surface area contributed by atoms with E-state index in [1.165, 1.54) is 12.1 Å². The smallest absolute Gasteiger partial charge is 0.261 e. The van der Waals surface area contributed by atoms with Crippen molar-refractivity contribution in [3.63, 3.8) is 0 Å². The molecule has 0 unspecified atom stereocenters. The van der Waals surface area contributed by atoms with E-state index in [2.05, 4.69) is 10.1 Å². The van der Waals surface area contributed by atoms with E-state index in [0.29, 0.717) is 0 Å². The number of anilines is 1. The number of ether oxygens (including phenoxy) is 1. The summed E-state index contributed by atoms with van der Waals surface area (Å²) in [5, 5.41) is 10.9. The van der Waals surface area contributed by atoms with Crippen LogP contribution in [0, 0.1) is 23.0 Å². The lowest BCUT2D eigenvalue weighted by Gasteiger charge is -2.09. The zero-order chi connectivity index (χ0) is 13.5. The van der Waals surface area contributed by atoms with Crippen molar-refractivity contribution in [3.8, 4) is 6.07 Å². The summed E-state index contributed by atoms with van der Waals surface area (Å²) < 4.78 is 54.5. The number of nitriles is 1. The van der Waals surface area contributed by atoms with Gasteiger partial charge in [0.2, 0.25) is 0 Å². The van der Waals surface area contributed by atoms with Crippen LogP contribution >= 0.6 is 0 Å². The van der Waals surface area contributed by atoms with E-state index in [1.54, 1.807) is 0 Å². The quantitative estimate of drug-likeness (QED) is 0.633. The van der Waals surface area contributed by atoms with Crippen molar-refractivity contribution in [1.82, 2.24) is 0 Å². The fraction of sp³-hybridized carbons (Fsp3) is 0.364. The summed E-state index contributed by atoms with van der Waals surface area (Å²) in [6.07, 6.45) is -2.56. The molecule has 0 atom stereocenters. The van der Waals surface area contributed by atoms with Crippen molar-refractivity contribution in [3.05, 3.63) is 29.3 Å². The molecule has 98 valence electrons. The number of nitrogens with zero attached hydrogens (tertiary/aromatic N) is 1. The molecule has 18 heavy (non-hydrogen) atoms. The fourth-order valence-electron chi connectivity index (χ4n) is 1.20. The second kappa shape index (κ2) is 6.81. The van der Waals surface area contributed by atoms with Crippen LogP contribution in [0.1, 0.15) is 5.56 Å². The van der Waals surface area contributed by atoms with Gasteiger partial charge in [-0.05, 0) is 12.1 Å². The number of rotatable bonds is 6. The summed E-state index contributed by atoms with van der Waals surface area (Å²) in [6, 6.07) is 3.83. The number of alkyl halides is 2. The third kappa shape index (κ3) is 3.89. The first-order valence-corrected chi connectivity index (χ1v) is 5.04. The molecule has 0 aromatic heterocycles. The van der Waals surface area contributed by atoms with Crippen molar-refractivity contribution in [2.75, 3.05) is 25.1 Å². The van der Waals surface area contributed by atoms with E-state index in [-0.39, 0.29) is 18.8 Å². The van der Waals surface area contributed by atoms with Crippen molar-refractivity contribution in [2.45, 2.75) is 6.43 Å². The summed E-state index contributed by atoms with van der Waals surface area (Å²) in [5.74, 6) is -2.42. The van der Waals surface area contributed by atoms with Crippen molar-refractivity contribution in [2.24, 2.45) is 0 Å². The SMILES string of the molecule is N#Cc1ccc(NCCOCC(F)F)c(F)c1F. The maximum Gasteiger partial charge on any atom is 0.261 e. The standard InChI is InChI=1S/C11H10F4N2O/c12-9(13)6-18-4-3-17-8-2-1-7(5-16)10(14)11(8)15/h1-2,9,17H,3-4,6H2. The lowest BCUT2D eigenvalue weighted by atomic mass is 10.2. The Bertz CT molecular complexity index is 445. The Labute approximate surface area is 101 Å². The summed E-state index contributed by atoms with van der Waals surface area (Å²) >= 11 is 0. The highest BCUT2D eigenvalue weighted by molar-refractivity contribution is 5.49. The molecule has 0 bridgehead atoms. The number of halogens is 4. The van der Waals surface area contributed by atoms with E-state index < -0.39 is 30.2 Å². The van der Waals surface area contributed by atoms with Crippen LogP contribution in [0.4, 0.5) is 23.2 Å². The van der Waals surface area contributed by atoms with Crippen LogP contribution in [0.25, 0.3) is 0 Å². The molecular formula is C11H10F4N2O. The second-order valence-electron chi connectivity index (χ2n) is 3.29. The third-order valence-corrected chi connectivity index (χ3v) is 2.01. The molecule has 7 heteroatoms. The number of hydrogen-bond acceptors (Lipinski definition) is 3. The van der Waals surface area contributed by atoms with Gasteiger partial charge in [0.05, 0.1) is 17.9 Å². The van der Waals surface area contributed by atoms with Gasteiger partial charge in [0.25, 0.3) is 6.43 Å². The van der Waals surface area contributed by atoms with Crippen LogP contribution in [0.5, 0.6) is 0 Å². The summed E-state index contributed by atoms with van der Waals surface area (Å²) in [5.41, 5.74) is -0.542. The third-order valence-electron chi connectivity index (χ3n) is 2.01. The highest BCUT2D eigenvalue weighted by atomic mass is 19.3. The van der Waals surface area contributed by atoms with E-state index in [9.17, 15) is 17.6 Å². The van der Waals surface area contributed by atoms with Crippen molar-refractivity contribution in [1.29, 1.82) is 5.26 Å². The Balaban J connectivity index is 2.49. The van der Waals surface area contributed by atoms with Crippen LogP contribution in [0.3, 0.4) is 0 Å². The summed E-state index contributed by atoms with van der Waals surface area (Å²) in [7, 11) is 0.